The third kappa shape index (κ3) is 3.05. The Balaban J connectivity index is 1.69. The van der Waals surface area contributed by atoms with Crippen LogP contribution >= 0.6 is 0 Å². The molecule has 2 aromatic heterocycles. The molecular weight excluding hydrogens is 358 g/mol. The fourth-order valence-electron chi connectivity index (χ4n) is 4.12. The molecule has 29 heavy (non-hydrogen) atoms. The molecule has 0 bridgehead atoms. The SMILES string of the molecule is NNc1[nH+]ccc2nc(-c3ccc(C4(N)CCC4)cc3)c(-c3ccccc3)cc12. The second-order valence-electron chi connectivity index (χ2n) is 7.77. The maximum atomic E-state index is 6.50. The number of aromatic amines is 1. The number of hydrogen-bond donors (Lipinski definition) is 3. The number of H-pyrrole nitrogens is 1. The van der Waals surface area contributed by atoms with Crippen LogP contribution in [-0.4, -0.2) is 4.98 Å². The van der Waals surface area contributed by atoms with Crippen LogP contribution in [0, 0.1) is 0 Å². The van der Waals surface area contributed by atoms with Crippen molar-refractivity contribution >= 4 is 16.7 Å². The quantitative estimate of drug-likeness (QED) is 0.367. The summed E-state index contributed by atoms with van der Waals surface area (Å²) in [6, 6.07) is 23.0. The van der Waals surface area contributed by atoms with Crippen LogP contribution < -0.4 is 22.0 Å². The zero-order valence-corrected chi connectivity index (χ0v) is 16.2. The lowest BCUT2D eigenvalue weighted by Crippen LogP contribution is -2.43. The number of pyridine rings is 2. The highest BCUT2D eigenvalue weighted by molar-refractivity contribution is 5.95. The van der Waals surface area contributed by atoms with Gasteiger partial charge in [0.25, 0.3) is 5.82 Å². The molecule has 0 radical (unpaired) electrons. The van der Waals surface area contributed by atoms with Crippen molar-refractivity contribution in [3.63, 3.8) is 0 Å². The molecule has 0 unspecified atom stereocenters. The molecule has 0 aliphatic heterocycles. The lowest BCUT2D eigenvalue weighted by molar-refractivity contribution is -0.359. The molecule has 5 nitrogen and oxygen atoms in total. The van der Waals surface area contributed by atoms with Gasteiger partial charge in [-0.1, -0.05) is 54.6 Å². The first-order valence-corrected chi connectivity index (χ1v) is 9.95. The number of nitrogens with zero attached hydrogens (tertiary/aromatic N) is 1. The van der Waals surface area contributed by atoms with Crippen LogP contribution in [-0.2, 0) is 5.54 Å². The highest BCUT2D eigenvalue weighted by Gasteiger charge is 2.34. The summed E-state index contributed by atoms with van der Waals surface area (Å²) in [6.45, 7) is 0. The van der Waals surface area contributed by atoms with Crippen molar-refractivity contribution in [1.82, 2.24) is 4.98 Å². The third-order valence-electron chi connectivity index (χ3n) is 6.00. The minimum atomic E-state index is -0.158. The fourth-order valence-corrected chi connectivity index (χ4v) is 4.12. The van der Waals surface area contributed by atoms with E-state index in [-0.39, 0.29) is 5.54 Å². The van der Waals surface area contributed by atoms with E-state index in [9.17, 15) is 0 Å². The zero-order valence-electron chi connectivity index (χ0n) is 16.2. The minimum Gasteiger partial charge on any atom is -0.321 e. The van der Waals surface area contributed by atoms with E-state index >= 15 is 0 Å². The number of anilines is 1. The summed E-state index contributed by atoms with van der Waals surface area (Å²) in [5.74, 6) is 6.45. The van der Waals surface area contributed by atoms with Crippen LogP contribution in [0.5, 0.6) is 0 Å². The molecule has 5 rings (SSSR count). The van der Waals surface area contributed by atoms with Crippen molar-refractivity contribution in [3.05, 3.63) is 78.5 Å². The van der Waals surface area contributed by atoms with Crippen LogP contribution in [0.1, 0.15) is 24.8 Å². The molecule has 1 aliphatic rings. The van der Waals surface area contributed by atoms with E-state index in [1.54, 1.807) is 0 Å². The molecule has 2 aromatic carbocycles. The van der Waals surface area contributed by atoms with Crippen LogP contribution in [0.4, 0.5) is 5.82 Å². The number of fused-ring (bicyclic) bond motifs is 1. The third-order valence-corrected chi connectivity index (χ3v) is 6.00. The predicted octanol–water partition coefficient (Wildman–Crippen LogP) is 4.01. The van der Waals surface area contributed by atoms with Crippen molar-refractivity contribution in [2.24, 2.45) is 11.6 Å². The van der Waals surface area contributed by atoms with Gasteiger partial charge in [0.1, 0.15) is 0 Å². The van der Waals surface area contributed by atoms with Gasteiger partial charge in [-0.15, -0.1) is 0 Å². The van der Waals surface area contributed by atoms with Crippen LogP contribution in [0.15, 0.2) is 72.9 Å². The summed E-state index contributed by atoms with van der Waals surface area (Å²) in [4.78, 5) is 8.16. The van der Waals surface area contributed by atoms with Crippen molar-refractivity contribution in [2.45, 2.75) is 24.8 Å². The Bertz CT molecular complexity index is 1170. The molecule has 5 heteroatoms. The van der Waals surface area contributed by atoms with E-state index in [0.717, 1.165) is 51.9 Å². The summed E-state index contributed by atoms with van der Waals surface area (Å²) in [6.07, 6.45) is 5.16. The highest BCUT2D eigenvalue weighted by atomic mass is 15.2. The molecule has 6 N–H and O–H groups in total. The monoisotopic (exact) mass is 382 g/mol. The summed E-state index contributed by atoms with van der Waals surface area (Å²) in [7, 11) is 0. The zero-order chi connectivity index (χ0) is 19.8. The Morgan fingerprint density at radius 3 is 2.34 bits per heavy atom. The highest BCUT2D eigenvalue weighted by Crippen LogP contribution is 2.40. The van der Waals surface area contributed by atoms with Crippen LogP contribution in [0.25, 0.3) is 33.3 Å². The Morgan fingerprint density at radius 1 is 0.931 bits per heavy atom. The molecule has 1 fully saturated rings. The average Bonchev–Trinajstić information content (AvgIpc) is 2.77. The molecule has 1 aliphatic carbocycles. The van der Waals surface area contributed by atoms with Crippen molar-refractivity contribution < 1.29 is 4.98 Å². The number of aromatic nitrogens is 2. The van der Waals surface area contributed by atoms with Gasteiger partial charge in [0.15, 0.2) is 0 Å². The molecule has 0 atom stereocenters. The number of benzene rings is 2. The van der Waals surface area contributed by atoms with Crippen molar-refractivity contribution in [2.75, 3.05) is 5.43 Å². The maximum absolute atomic E-state index is 6.50. The molecule has 4 aromatic rings. The first-order valence-electron chi connectivity index (χ1n) is 9.95. The number of nitrogens with one attached hydrogen (secondary N) is 2. The van der Waals surface area contributed by atoms with Gasteiger partial charge in [-0.2, -0.15) is 11.3 Å². The summed E-state index contributed by atoms with van der Waals surface area (Å²) >= 11 is 0. The molecular formula is C24H24N5+. The van der Waals surface area contributed by atoms with Gasteiger partial charge in [-0.25, -0.2) is 9.97 Å². The fraction of sp³-hybridized carbons (Fsp3) is 0.167. The van der Waals surface area contributed by atoms with Crippen molar-refractivity contribution in [1.29, 1.82) is 0 Å². The van der Waals surface area contributed by atoms with Gasteiger partial charge < -0.3 is 5.73 Å². The number of rotatable bonds is 4. The second kappa shape index (κ2) is 6.95. The van der Waals surface area contributed by atoms with Gasteiger partial charge >= 0.3 is 0 Å². The topological polar surface area (TPSA) is 91.1 Å². The van der Waals surface area contributed by atoms with Crippen molar-refractivity contribution in [3.8, 4) is 22.4 Å². The second-order valence-corrected chi connectivity index (χ2v) is 7.77. The van der Waals surface area contributed by atoms with Gasteiger partial charge in [0.05, 0.1) is 22.8 Å². The van der Waals surface area contributed by atoms with Gasteiger partial charge in [-0.05, 0) is 36.5 Å². The molecule has 2 heterocycles. The average molecular weight is 382 g/mol. The van der Waals surface area contributed by atoms with E-state index in [0.29, 0.717) is 0 Å². The number of nitrogen functional groups attached to an aromatic ring is 1. The standard InChI is InChI=1S/C24H23N5/c25-24(12-4-13-24)18-9-7-17(8-10-18)22-19(16-5-2-1-3-6-16)15-20-21(28-22)11-14-27-23(20)29-26/h1-3,5-11,14-15H,4,12-13,25-26H2,(H,27,29)/p+1. The van der Waals surface area contributed by atoms with E-state index in [1.165, 1.54) is 12.0 Å². The van der Waals surface area contributed by atoms with Gasteiger partial charge in [-0.3, -0.25) is 0 Å². The summed E-state index contributed by atoms with van der Waals surface area (Å²) in [5, 5.41) is 0.949. The number of hydrogen-bond acceptors (Lipinski definition) is 4. The van der Waals surface area contributed by atoms with Crippen LogP contribution in [0.2, 0.25) is 0 Å². The van der Waals surface area contributed by atoms with E-state index in [2.05, 4.69) is 52.9 Å². The lowest BCUT2D eigenvalue weighted by Gasteiger charge is -2.38. The van der Waals surface area contributed by atoms with Crippen LogP contribution in [0.3, 0.4) is 0 Å². The smallest absolute Gasteiger partial charge is 0.299 e. The Morgan fingerprint density at radius 2 is 1.69 bits per heavy atom. The van der Waals surface area contributed by atoms with E-state index < -0.39 is 0 Å². The van der Waals surface area contributed by atoms with E-state index in [1.807, 2.05) is 30.5 Å². The molecule has 1 saturated carbocycles. The maximum Gasteiger partial charge on any atom is 0.299 e. The first kappa shape index (κ1) is 17.8. The number of nitrogens with two attached hydrogens (primary N) is 2. The normalized spacial score (nSPS) is 15.1. The Labute approximate surface area is 169 Å². The summed E-state index contributed by atoms with van der Waals surface area (Å²) < 4.78 is 0. The number of hydrazine groups is 1. The summed E-state index contributed by atoms with van der Waals surface area (Å²) in [5.41, 5.74) is 15.4. The Kier molecular flexibility index (Phi) is 4.27. The largest absolute Gasteiger partial charge is 0.321 e. The molecule has 144 valence electrons. The first-order chi connectivity index (χ1) is 14.2. The molecule has 0 saturated heterocycles. The molecule has 0 amide bonds. The Hall–Kier alpha value is -3.28. The van der Waals surface area contributed by atoms with Gasteiger partial charge in [0, 0.05) is 22.7 Å². The molecule has 0 spiro atoms. The minimum absolute atomic E-state index is 0.158. The predicted molar refractivity (Wildman–Crippen MR) is 117 cm³/mol. The van der Waals surface area contributed by atoms with E-state index in [4.69, 9.17) is 16.6 Å². The lowest BCUT2D eigenvalue weighted by atomic mass is 9.72. The van der Waals surface area contributed by atoms with Gasteiger partial charge in [0.2, 0.25) is 0 Å².